The Morgan fingerprint density at radius 2 is 2.00 bits per heavy atom. The molecule has 0 unspecified atom stereocenters. The van der Waals surface area contributed by atoms with E-state index in [-0.39, 0.29) is 19.6 Å². The number of carbonyl (C=O) groups excluding carboxylic acids is 1. The van der Waals surface area contributed by atoms with Crippen molar-refractivity contribution in [2.24, 2.45) is 0 Å². The van der Waals surface area contributed by atoms with E-state index in [0.29, 0.717) is 11.3 Å². The minimum absolute atomic E-state index is 0.185. The molecule has 0 aromatic heterocycles. The molecule has 1 aromatic rings. The standard InChI is InChI=1S/C12H14F3NO3/c13-12(14,15)8-19-6-5-11(18)16-10-4-2-1-3-9(10)7-17/h1-4,17H,5-8H2,(H,16,18). The second-order valence-electron chi connectivity index (χ2n) is 3.78. The van der Waals surface area contributed by atoms with Crippen LogP contribution in [0.4, 0.5) is 18.9 Å². The highest BCUT2D eigenvalue weighted by molar-refractivity contribution is 5.91. The Bertz CT molecular complexity index is 421. The molecule has 0 saturated carbocycles. The smallest absolute Gasteiger partial charge is 0.392 e. The van der Waals surface area contributed by atoms with Crippen molar-refractivity contribution in [2.75, 3.05) is 18.5 Å². The largest absolute Gasteiger partial charge is 0.411 e. The second kappa shape index (κ2) is 7.10. The number of hydrogen-bond donors (Lipinski definition) is 2. The van der Waals surface area contributed by atoms with E-state index in [1.807, 2.05) is 0 Å². The van der Waals surface area contributed by atoms with Gasteiger partial charge < -0.3 is 15.2 Å². The first-order chi connectivity index (χ1) is 8.92. The first-order valence-corrected chi connectivity index (χ1v) is 5.55. The Hall–Kier alpha value is -1.60. The van der Waals surface area contributed by atoms with Gasteiger partial charge in [0.05, 0.1) is 19.6 Å². The van der Waals surface area contributed by atoms with Crippen LogP contribution in [-0.2, 0) is 16.1 Å². The van der Waals surface area contributed by atoms with E-state index >= 15 is 0 Å². The number of halogens is 3. The lowest BCUT2D eigenvalue weighted by atomic mass is 10.2. The van der Waals surface area contributed by atoms with Gasteiger partial charge in [-0.25, -0.2) is 0 Å². The van der Waals surface area contributed by atoms with Crippen LogP contribution in [0, 0.1) is 0 Å². The summed E-state index contributed by atoms with van der Waals surface area (Å²) in [5.41, 5.74) is 0.970. The Balaban J connectivity index is 2.35. The zero-order valence-electron chi connectivity index (χ0n) is 10.0. The maximum absolute atomic E-state index is 11.8. The van der Waals surface area contributed by atoms with Crippen molar-refractivity contribution in [3.05, 3.63) is 29.8 Å². The van der Waals surface area contributed by atoms with Crippen LogP contribution in [0.15, 0.2) is 24.3 Å². The molecule has 0 atom stereocenters. The predicted molar refractivity (Wildman–Crippen MR) is 62.5 cm³/mol. The number of anilines is 1. The number of alkyl halides is 3. The molecule has 0 heterocycles. The molecule has 2 N–H and O–H groups in total. The predicted octanol–water partition coefficient (Wildman–Crippen LogP) is 2.09. The summed E-state index contributed by atoms with van der Waals surface area (Å²) in [6.45, 7) is -1.92. The molecule has 0 spiro atoms. The fourth-order valence-electron chi connectivity index (χ4n) is 1.35. The van der Waals surface area contributed by atoms with Gasteiger partial charge in [-0.15, -0.1) is 0 Å². The molecule has 0 aliphatic heterocycles. The fourth-order valence-corrected chi connectivity index (χ4v) is 1.35. The third kappa shape index (κ3) is 6.21. The average Bonchev–Trinajstić information content (AvgIpc) is 2.34. The molecule has 0 bridgehead atoms. The van der Waals surface area contributed by atoms with Crippen molar-refractivity contribution in [2.45, 2.75) is 19.2 Å². The molecule has 0 fully saturated rings. The number of nitrogens with one attached hydrogen (secondary N) is 1. The molecular formula is C12H14F3NO3. The van der Waals surface area contributed by atoms with E-state index in [1.54, 1.807) is 24.3 Å². The van der Waals surface area contributed by atoms with E-state index in [9.17, 15) is 18.0 Å². The van der Waals surface area contributed by atoms with E-state index < -0.39 is 18.7 Å². The molecule has 1 amide bonds. The summed E-state index contributed by atoms with van der Waals surface area (Å²) in [5.74, 6) is -0.469. The number of carbonyl (C=O) groups is 1. The Labute approximate surface area is 108 Å². The van der Waals surface area contributed by atoms with Gasteiger partial charge in [0, 0.05) is 11.3 Å². The van der Waals surface area contributed by atoms with Crippen LogP contribution >= 0.6 is 0 Å². The lowest BCUT2D eigenvalue weighted by Gasteiger charge is -2.10. The van der Waals surface area contributed by atoms with E-state index in [1.165, 1.54) is 0 Å². The van der Waals surface area contributed by atoms with Crippen molar-refractivity contribution in [3.63, 3.8) is 0 Å². The molecule has 106 valence electrons. The molecule has 0 aliphatic carbocycles. The number of aliphatic hydroxyl groups is 1. The lowest BCUT2D eigenvalue weighted by Crippen LogP contribution is -2.20. The van der Waals surface area contributed by atoms with Gasteiger partial charge in [0.2, 0.25) is 5.91 Å². The molecule has 4 nitrogen and oxygen atoms in total. The number of hydrogen-bond acceptors (Lipinski definition) is 3. The molecule has 7 heteroatoms. The van der Waals surface area contributed by atoms with Crippen LogP contribution in [0.3, 0.4) is 0 Å². The first-order valence-electron chi connectivity index (χ1n) is 5.55. The van der Waals surface area contributed by atoms with Gasteiger partial charge in [0.1, 0.15) is 6.61 Å². The maximum atomic E-state index is 11.8. The number of ether oxygens (including phenoxy) is 1. The molecule has 0 saturated heterocycles. The highest BCUT2D eigenvalue weighted by atomic mass is 19.4. The summed E-state index contributed by atoms with van der Waals surface area (Å²) >= 11 is 0. The minimum atomic E-state index is -4.39. The summed E-state index contributed by atoms with van der Waals surface area (Å²) in [6, 6.07) is 6.61. The third-order valence-corrected chi connectivity index (χ3v) is 2.20. The first kappa shape index (κ1) is 15.5. The van der Waals surface area contributed by atoms with Crippen LogP contribution in [0.25, 0.3) is 0 Å². The van der Waals surface area contributed by atoms with Gasteiger partial charge in [-0.05, 0) is 6.07 Å². The quantitative estimate of drug-likeness (QED) is 0.783. The van der Waals surface area contributed by atoms with E-state index in [4.69, 9.17) is 5.11 Å². The molecule has 19 heavy (non-hydrogen) atoms. The Morgan fingerprint density at radius 1 is 1.32 bits per heavy atom. The van der Waals surface area contributed by atoms with Gasteiger partial charge in [0.25, 0.3) is 0 Å². The van der Waals surface area contributed by atoms with Crippen molar-refractivity contribution in [1.82, 2.24) is 0 Å². The highest BCUT2D eigenvalue weighted by Gasteiger charge is 2.27. The van der Waals surface area contributed by atoms with Crippen molar-refractivity contribution < 1.29 is 27.8 Å². The summed E-state index contributed by atoms with van der Waals surface area (Å²) in [7, 11) is 0. The van der Waals surface area contributed by atoms with Gasteiger partial charge in [-0.1, -0.05) is 18.2 Å². The molecule has 0 radical (unpaired) electrons. The fraction of sp³-hybridized carbons (Fsp3) is 0.417. The van der Waals surface area contributed by atoms with Crippen molar-refractivity contribution in [1.29, 1.82) is 0 Å². The molecule has 1 rings (SSSR count). The topological polar surface area (TPSA) is 58.6 Å². The number of benzene rings is 1. The van der Waals surface area contributed by atoms with Gasteiger partial charge in [-0.3, -0.25) is 4.79 Å². The average molecular weight is 277 g/mol. The number of para-hydroxylation sites is 1. The number of rotatable bonds is 6. The molecular weight excluding hydrogens is 263 g/mol. The van der Waals surface area contributed by atoms with Crippen LogP contribution in [-0.4, -0.2) is 30.4 Å². The second-order valence-corrected chi connectivity index (χ2v) is 3.78. The van der Waals surface area contributed by atoms with Crippen molar-refractivity contribution >= 4 is 11.6 Å². The normalized spacial score (nSPS) is 11.4. The molecule has 0 aliphatic rings. The SMILES string of the molecule is O=C(CCOCC(F)(F)F)Nc1ccccc1CO. The Morgan fingerprint density at radius 3 is 2.63 bits per heavy atom. The zero-order valence-corrected chi connectivity index (χ0v) is 10.0. The number of aliphatic hydroxyl groups excluding tert-OH is 1. The molecule has 1 aromatic carbocycles. The monoisotopic (exact) mass is 277 g/mol. The van der Waals surface area contributed by atoms with E-state index in [0.717, 1.165) is 0 Å². The summed E-state index contributed by atoms with van der Waals surface area (Å²) in [6.07, 6.45) is -4.57. The van der Waals surface area contributed by atoms with Gasteiger partial charge >= 0.3 is 6.18 Å². The minimum Gasteiger partial charge on any atom is -0.392 e. The number of amides is 1. The summed E-state index contributed by atoms with van der Waals surface area (Å²) in [5, 5.41) is 11.5. The van der Waals surface area contributed by atoms with Gasteiger partial charge in [-0.2, -0.15) is 13.2 Å². The Kier molecular flexibility index (Phi) is 5.78. The van der Waals surface area contributed by atoms with Crippen LogP contribution in [0.1, 0.15) is 12.0 Å². The van der Waals surface area contributed by atoms with Crippen LogP contribution < -0.4 is 5.32 Å². The summed E-state index contributed by atoms with van der Waals surface area (Å²) < 4.78 is 39.6. The zero-order chi connectivity index (χ0) is 14.3. The van der Waals surface area contributed by atoms with Gasteiger partial charge in [0.15, 0.2) is 0 Å². The van der Waals surface area contributed by atoms with E-state index in [2.05, 4.69) is 10.1 Å². The van der Waals surface area contributed by atoms with Crippen LogP contribution in [0.2, 0.25) is 0 Å². The summed E-state index contributed by atoms with van der Waals surface area (Å²) in [4.78, 5) is 11.5. The highest BCUT2D eigenvalue weighted by Crippen LogP contribution is 2.16. The van der Waals surface area contributed by atoms with Crippen LogP contribution in [0.5, 0.6) is 0 Å². The van der Waals surface area contributed by atoms with Crippen molar-refractivity contribution in [3.8, 4) is 0 Å². The lowest BCUT2D eigenvalue weighted by molar-refractivity contribution is -0.174. The third-order valence-electron chi connectivity index (χ3n) is 2.20. The maximum Gasteiger partial charge on any atom is 0.411 e.